The summed E-state index contributed by atoms with van der Waals surface area (Å²) in [5, 5.41) is 12.0. The summed E-state index contributed by atoms with van der Waals surface area (Å²) in [4.78, 5) is 3.87. The van der Waals surface area contributed by atoms with Gasteiger partial charge in [-0.3, -0.25) is 0 Å². The second kappa shape index (κ2) is 6.99. The smallest absolute Gasteiger partial charge is 0.261 e. The molecule has 0 amide bonds. The predicted octanol–water partition coefficient (Wildman–Crippen LogP) is 0.748. The molecule has 0 bridgehead atoms. The molecule has 2 heterocycles. The van der Waals surface area contributed by atoms with Crippen LogP contribution in [0.3, 0.4) is 0 Å². The molecule has 20 heavy (non-hydrogen) atoms. The monoisotopic (exact) mass is 316 g/mol. The highest BCUT2D eigenvalue weighted by Gasteiger charge is 2.31. The number of nitriles is 1. The lowest BCUT2D eigenvalue weighted by atomic mass is 10.1. The Labute approximate surface area is 125 Å². The highest BCUT2D eigenvalue weighted by molar-refractivity contribution is 7.89. The van der Waals surface area contributed by atoms with Crippen LogP contribution in [-0.4, -0.2) is 43.9 Å². The van der Waals surface area contributed by atoms with Crippen molar-refractivity contribution < 1.29 is 8.42 Å². The van der Waals surface area contributed by atoms with E-state index in [1.54, 1.807) is 13.1 Å². The van der Waals surface area contributed by atoms with Gasteiger partial charge in [0.15, 0.2) is 5.03 Å². The molecule has 1 aromatic heterocycles. The van der Waals surface area contributed by atoms with Crippen LogP contribution in [0.5, 0.6) is 0 Å². The largest absolute Gasteiger partial charge is 0.317 e. The molecule has 0 aromatic carbocycles. The Balaban J connectivity index is 0.00000200. The number of nitrogens with one attached hydrogen (secondary N) is 1. The van der Waals surface area contributed by atoms with Gasteiger partial charge >= 0.3 is 0 Å². The lowest BCUT2D eigenvalue weighted by molar-refractivity contribution is 0.295. The quantitative estimate of drug-likeness (QED) is 0.889. The first-order valence-corrected chi connectivity index (χ1v) is 7.55. The van der Waals surface area contributed by atoms with Crippen LogP contribution in [0.1, 0.15) is 18.4 Å². The number of hydrogen-bond acceptors (Lipinski definition) is 5. The summed E-state index contributed by atoms with van der Waals surface area (Å²) in [5.74, 6) is 0. The van der Waals surface area contributed by atoms with Crippen LogP contribution in [0.2, 0.25) is 0 Å². The third-order valence-electron chi connectivity index (χ3n) is 3.34. The zero-order valence-electron chi connectivity index (χ0n) is 11.1. The number of hydrogen-bond donors (Lipinski definition) is 1. The number of nitrogens with zero attached hydrogens (tertiary/aromatic N) is 3. The normalized spacial score (nSPS) is 16.4. The van der Waals surface area contributed by atoms with Crippen LogP contribution >= 0.6 is 12.4 Å². The number of aromatic nitrogens is 1. The summed E-state index contributed by atoms with van der Waals surface area (Å²) >= 11 is 0. The maximum Gasteiger partial charge on any atom is 0.261 e. The third-order valence-corrected chi connectivity index (χ3v) is 5.21. The van der Waals surface area contributed by atoms with Crippen LogP contribution in [-0.2, 0) is 10.0 Å². The topological polar surface area (TPSA) is 86.1 Å². The zero-order chi connectivity index (χ0) is 13.9. The second-order valence-electron chi connectivity index (χ2n) is 4.47. The van der Waals surface area contributed by atoms with Crippen molar-refractivity contribution in [2.24, 2.45) is 0 Å². The lowest BCUT2D eigenvalue weighted by Gasteiger charge is -2.30. The molecule has 110 valence electrons. The van der Waals surface area contributed by atoms with Gasteiger partial charge in [0.2, 0.25) is 0 Å². The molecule has 1 N–H and O–H groups in total. The Kier molecular flexibility index (Phi) is 5.89. The summed E-state index contributed by atoms with van der Waals surface area (Å²) < 4.78 is 26.4. The van der Waals surface area contributed by atoms with Gasteiger partial charge in [-0.25, -0.2) is 13.4 Å². The van der Waals surface area contributed by atoms with Gasteiger partial charge in [0.05, 0.1) is 5.56 Å². The summed E-state index contributed by atoms with van der Waals surface area (Å²) in [6, 6.07) is 4.86. The van der Waals surface area contributed by atoms with Crippen molar-refractivity contribution >= 4 is 22.4 Å². The standard InChI is InChI=1S/C12H16N4O2S.ClH/c1-16(11-4-7-14-8-5-11)19(17,18)12-10(9-13)3-2-6-15-12;/h2-3,6,11,14H,4-5,7-8H2,1H3;1H. The van der Waals surface area contributed by atoms with Crippen molar-refractivity contribution in [2.45, 2.75) is 23.9 Å². The summed E-state index contributed by atoms with van der Waals surface area (Å²) in [6.07, 6.45) is 2.93. The van der Waals surface area contributed by atoms with Crippen LogP contribution in [0.15, 0.2) is 23.4 Å². The lowest BCUT2D eigenvalue weighted by Crippen LogP contribution is -2.44. The second-order valence-corrected chi connectivity index (χ2v) is 6.38. The fourth-order valence-electron chi connectivity index (χ4n) is 2.18. The number of halogens is 1. The van der Waals surface area contributed by atoms with E-state index in [-0.39, 0.29) is 29.0 Å². The van der Waals surface area contributed by atoms with Crippen molar-refractivity contribution in [2.75, 3.05) is 20.1 Å². The molecule has 1 aromatic rings. The third kappa shape index (κ3) is 3.27. The SMILES string of the molecule is CN(C1CCNCC1)S(=O)(=O)c1ncccc1C#N.Cl. The maximum atomic E-state index is 12.5. The average molecular weight is 317 g/mol. The highest BCUT2D eigenvalue weighted by Crippen LogP contribution is 2.21. The molecule has 2 rings (SSSR count). The Morgan fingerprint density at radius 3 is 2.70 bits per heavy atom. The molecule has 1 aliphatic rings. The molecule has 0 spiro atoms. The molecule has 0 radical (unpaired) electrons. The Hall–Kier alpha value is -1.20. The van der Waals surface area contributed by atoms with E-state index in [1.807, 2.05) is 6.07 Å². The van der Waals surface area contributed by atoms with Gasteiger partial charge in [-0.1, -0.05) is 0 Å². The van der Waals surface area contributed by atoms with Crippen LogP contribution in [0.25, 0.3) is 0 Å². The van der Waals surface area contributed by atoms with Crippen molar-refractivity contribution in [3.05, 3.63) is 23.9 Å². The summed E-state index contributed by atoms with van der Waals surface area (Å²) in [5.41, 5.74) is 0.0864. The summed E-state index contributed by atoms with van der Waals surface area (Å²) in [6.45, 7) is 1.61. The Bertz CT molecular complexity index is 594. The fraction of sp³-hybridized carbons (Fsp3) is 0.500. The van der Waals surface area contributed by atoms with Gasteiger partial charge in [-0.05, 0) is 38.1 Å². The van der Waals surface area contributed by atoms with Gasteiger partial charge in [0.1, 0.15) is 6.07 Å². The van der Waals surface area contributed by atoms with E-state index in [1.165, 1.54) is 16.6 Å². The Morgan fingerprint density at radius 2 is 2.10 bits per heavy atom. The molecule has 0 aliphatic carbocycles. The van der Waals surface area contributed by atoms with Crippen LogP contribution in [0.4, 0.5) is 0 Å². The average Bonchev–Trinajstić information content (AvgIpc) is 2.47. The van der Waals surface area contributed by atoms with Crippen molar-refractivity contribution in [3.8, 4) is 6.07 Å². The van der Waals surface area contributed by atoms with Crippen LogP contribution in [0, 0.1) is 11.3 Å². The molecule has 0 saturated carbocycles. The molecule has 1 fully saturated rings. The molecule has 8 heteroatoms. The van der Waals surface area contributed by atoms with Crippen LogP contribution < -0.4 is 5.32 Å². The van der Waals surface area contributed by atoms with E-state index < -0.39 is 10.0 Å². The first-order valence-electron chi connectivity index (χ1n) is 6.11. The van der Waals surface area contributed by atoms with Gasteiger partial charge < -0.3 is 5.32 Å². The van der Waals surface area contributed by atoms with Gasteiger partial charge in [0, 0.05) is 19.3 Å². The minimum atomic E-state index is -3.71. The number of piperidine rings is 1. The number of rotatable bonds is 3. The van der Waals surface area contributed by atoms with Gasteiger partial charge in [0.25, 0.3) is 10.0 Å². The molecule has 0 unspecified atom stereocenters. The van der Waals surface area contributed by atoms with Gasteiger partial charge in [-0.15, -0.1) is 12.4 Å². The van der Waals surface area contributed by atoms with E-state index >= 15 is 0 Å². The predicted molar refractivity (Wildman–Crippen MR) is 77.0 cm³/mol. The molecular formula is C12H17ClN4O2S. The molecular weight excluding hydrogens is 300 g/mol. The van der Waals surface area contributed by atoms with E-state index in [9.17, 15) is 8.42 Å². The minimum absolute atomic E-state index is 0. The zero-order valence-corrected chi connectivity index (χ0v) is 12.7. The van der Waals surface area contributed by atoms with E-state index in [0.29, 0.717) is 0 Å². The molecule has 6 nitrogen and oxygen atoms in total. The minimum Gasteiger partial charge on any atom is -0.317 e. The van der Waals surface area contributed by atoms with E-state index in [2.05, 4.69) is 10.3 Å². The summed E-state index contributed by atoms with van der Waals surface area (Å²) in [7, 11) is -2.15. The Morgan fingerprint density at radius 1 is 1.45 bits per heavy atom. The van der Waals surface area contributed by atoms with Gasteiger partial charge in [-0.2, -0.15) is 9.57 Å². The molecule has 1 saturated heterocycles. The molecule has 0 atom stereocenters. The highest BCUT2D eigenvalue weighted by atomic mass is 35.5. The first-order chi connectivity index (χ1) is 9.07. The molecule has 1 aliphatic heterocycles. The number of sulfonamides is 1. The first kappa shape index (κ1) is 16.9. The van der Waals surface area contributed by atoms with E-state index in [4.69, 9.17) is 5.26 Å². The van der Waals surface area contributed by atoms with E-state index in [0.717, 1.165) is 25.9 Å². The van der Waals surface area contributed by atoms with Crippen molar-refractivity contribution in [3.63, 3.8) is 0 Å². The fourth-order valence-corrected chi connectivity index (χ4v) is 3.65. The van der Waals surface area contributed by atoms with Crippen molar-refractivity contribution in [1.29, 1.82) is 5.26 Å². The number of pyridine rings is 1. The maximum absolute atomic E-state index is 12.5. The van der Waals surface area contributed by atoms with Crippen molar-refractivity contribution in [1.82, 2.24) is 14.6 Å².